The minimum Gasteiger partial charge on any atom is -0.450 e. The van der Waals surface area contributed by atoms with E-state index in [1.54, 1.807) is 4.90 Å². The molecule has 1 saturated heterocycles. The van der Waals surface area contributed by atoms with Gasteiger partial charge in [0.05, 0.1) is 6.61 Å². The molecule has 8 heteroatoms. The largest absolute Gasteiger partial charge is 0.450 e. The van der Waals surface area contributed by atoms with Gasteiger partial charge in [-0.25, -0.2) is 4.79 Å². The van der Waals surface area contributed by atoms with E-state index in [1.807, 2.05) is 21.0 Å². The molecule has 1 aromatic rings. The second kappa shape index (κ2) is 12.7. The Labute approximate surface area is 185 Å². The lowest BCUT2D eigenvalue weighted by Gasteiger charge is -2.31. The molecule has 0 bridgehead atoms. The van der Waals surface area contributed by atoms with E-state index in [-0.39, 0.29) is 36.1 Å². The Kier molecular flexibility index (Phi) is 11.0. The smallest absolute Gasteiger partial charge is 0.409 e. The summed E-state index contributed by atoms with van der Waals surface area (Å²) in [5, 5.41) is 3.27. The van der Waals surface area contributed by atoms with Gasteiger partial charge in [-0.2, -0.15) is 0 Å². The molecule has 1 aromatic carbocycles. The van der Waals surface area contributed by atoms with E-state index in [0.717, 1.165) is 25.7 Å². The van der Waals surface area contributed by atoms with Gasteiger partial charge in [-0.15, -0.1) is 24.0 Å². The van der Waals surface area contributed by atoms with Gasteiger partial charge in [0.25, 0.3) is 0 Å². The summed E-state index contributed by atoms with van der Waals surface area (Å²) in [5.41, 5.74) is 8.53. The molecular weight excluding hydrogens is 469 g/mol. The monoisotopic (exact) mass is 503 g/mol. The highest BCUT2D eigenvalue weighted by atomic mass is 127. The molecule has 0 spiro atoms. The van der Waals surface area contributed by atoms with Gasteiger partial charge in [0.15, 0.2) is 5.96 Å². The van der Waals surface area contributed by atoms with Crippen molar-refractivity contribution in [3.63, 3.8) is 0 Å². The maximum absolute atomic E-state index is 11.7. The van der Waals surface area contributed by atoms with Gasteiger partial charge in [-0.05, 0) is 50.3 Å². The number of ether oxygens (including phenoxy) is 1. The Hall–Kier alpha value is -1.71. The summed E-state index contributed by atoms with van der Waals surface area (Å²) >= 11 is 0. The summed E-state index contributed by atoms with van der Waals surface area (Å²) in [6, 6.07) is 8.86. The van der Waals surface area contributed by atoms with Gasteiger partial charge in [0, 0.05) is 45.5 Å². The van der Waals surface area contributed by atoms with Crippen LogP contribution in [-0.2, 0) is 11.2 Å². The molecule has 0 radical (unpaired) electrons. The zero-order valence-corrected chi connectivity index (χ0v) is 19.5. The number of hydrogen-bond donors (Lipinski definition) is 2. The molecule has 7 nitrogen and oxygen atoms in total. The number of aliphatic imine (C=N–C) groups is 1. The Morgan fingerprint density at radius 2 is 1.93 bits per heavy atom. The first-order chi connectivity index (χ1) is 13.0. The molecule has 0 saturated carbocycles. The number of halogens is 1. The maximum atomic E-state index is 11.7. The molecule has 3 N–H and O–H groups in total. The summed E-state index contributed by atoms with van der Waals surface area (Å²) in [4.78, 5) is 20.0. The van der Waals surface area contributed by atoms with Crippen molar-refractivity contribution in [3.8, 4) is 0 Å². The van der Waals surface area contributed by atoms with Crippen molar-refractivity contribution in [2.24, 2.45) is 10.7 Å². The first-order valence-electron chi connectivity index (χ1n) is 9.74. The molecular formula is C20H34IN5O2. The van der Waals surface area contributed by atoms with E-state index < -0.39 is 0 Å². The third-order valence-corrected chi connectivity index (χ3v) is 4.73. The quantitative estimate of drug-likeness (QED) is 0.259. The van der Waals surface area contributed by atoms with E-state index in [2.05, 4.69) is 39.5 Å². The second-order valence-corrected chi connectivity index (χ2v) is 7.04. The van der Waals surface area contributed by atoms with Crippen molar-refractivity contribution in [1.29, 1.82) is 0 Å². The first kappa shape index (κ1) is 24.3. The van der Waals surface area contributed by atoms with Crippen LogP contribution in [0, 0.1) is 0 Å². The number of benzene rings is 1. The number of nitrogens with one attached hydrogen (secondary N) is 1. The number of piperidine rings is 1. The number of likely N-dealkylation sites (tertiary alicyclic amines) is 1. The van der Waals surface area contributed by atoms with Crippen LogP contribution in [0.3, 0.4) is 0 Å². The Balaban J connectivity index is 0.00000392. The summed E-state index contributed by atoms with van der Waals surface area (Å²) in [5.74, 6) is 0.493. The van der Waals surface area contributed by atoms with Crippen molar-refractivity contribution in [3.05, 3.63) is 29.8 Å². The molecule has 0 atom stereocenters. The molecule has 2 rings (SSSR count). The molecule has 158 valence electrons. The predicted octanol–water partition coefficient (Wildman–Crippen LogP) is 2.83. The predicted molar refractivity (Wildman–Crippen MR) is 126 cm³/mol. The summed E-state index contributed by atoms with van der Waals surface area (Å²) in [6.07, 6.45) is 3.43. The normalized spacial score (nSPS) is 15.0. The Bertz CT molecular complexity index is 614. The summed E-state index contributed by atoms with van der Waals surface area (Å²) in [6.45, 7) is 4.31. The lowest BCUT2D eigenvalue weighted by molar-refractivity contribution is 0.0963. The highest BCUT2D eigenvalue weighted by Gasteiger charge is 2.23. The molecule has 1 aliphatic heterocycles. The molecule has 28 heavy (non-hydrogen) atoms. The molecule has 0 unspecified atom stereocenters. The average molecular weight is 503 g/mol. The number of aryl methyl sites for hydroxylation is 1. The second-order valence-electron chi connectivity index (χ2n) is 7.04. The minimum absolute atomic E-state index is 0. The fraction of sp³-hybridized carbons (Fsp3) is 0.600. The number of nitrogens with two attached hydrogens (primary N) is 1. The molecule has 1 aliphatic rings. The van der Waals surface area contributed by atoms with Crippen LogP contribution >= 0.6 is 24.0 Å². The molecule has 0 aromatic heterocycles. The van der Waals surface area contributed by atoms with Gasteiger partial charge < -0.3 is 25.6 Å². The zero-order chi connectivity index (χ0) is 19.6. The summed E-state index contributed by atoms with van der Waals surface area (Å²) in [7, 11) is 4.08. The molecule has 1 amide bonds. The van der Waals surface area contributed by atoms with Crippen LogP contribution in [0.5, 0.6) is 0 Å². The number of rotatable bonds is 7. The highest BCUT2D eigenvalue weighted by Crippen LogP contribution is 2.13. The van der Waals surface area contributed by atoms with Crippen molar-refractivity contribution in [1.82, 2.24) is 10.2 Å². The van der Waals surface area contributed by atoms with Crippen LogP contribution < -0.4 is 16.0 Å². The number of carbonyl (C=O) groups is 1. The lowest BCUT2D eigenvalue weighted by Crippen LogP contribution is -2.48. The molecule has 1 fully saturated rings. The van der Waals surface area contributed by atoms with Crippen molar-refractivity contribution >= 4 is 41.7 Å². The van der Waals surface area contributed by atoms with Crippen molar-refractivity contribution in [2.75, 3.05) is 45.2 Å². The Morgan fingerprint density at radius 1 is 1.29 bits per heavy atom. The fourth-order valence-electron chi connectivity index (χ4n) is 3.12. The Morgan fingerprint density at radius 3 is 2.50 bits per heavy atom. The SMILES string of the molecule is CCOC(=O)N1CCC(NC(N)=NCCCc2ccc(N(C)C)cc2)CC1.I. The maximum Gasteiger partial charge on any atom is 0.409 e. The van der Waals surface area contributed by atoms with E-state index in [4.69, 9.17) is 10.5 Å². The number of guanidine groups is 1. The van der Waals surface area contributed by atoms with Crippen LogP contribution in [0.2, 0.25) is 0 Å². The van der Waals surface area contributed by atoms with Crippen LogP contribution in [0.15, 0.2) is 29.3 Å². The fourth-order valence-corrected chi connectivity index (χ4v) is 3.12. The zero-order valence-electron chi connectivity index (χ0n) is 17.2. The highest BCUT2D eigenvalue weighted by molar-refractivity contribution is 14.0. The van der Waals surface area contributed by atoms with Crippen LogP contribution in [0.4, 0.5) is 10.5 Å². The number of carbonyl (C=O) groups excluding carboxylic acids is 1. The lowest BCUT2D eigenvalue weighted by atomic mass is 10.1. The van der Waals surface area contributed by atoms with Crippen molar-refractivity contribution in [2.45, 2.75) is 38.6 Å². The van der Waals surface area contributed by atoms with Gasteiger partial charge in [0.1, 0.15) is 0 Å². The number of nitrogens with zero attached hydrogens (tertiary/aromatic N) is 3. The molecule has 0 aliphatic carbocycles. The average Bonchev–Trinajstić information content (AvgIpc) is 2.66. The third kappa shape index (κ3) is 8.12. The van der Waals surface area contributed by atoms with Gasteiger partial charge in [-0.3, -0.25) is 4.99 Å². The third-order valence-electron chi connectivity index (χ3n) is 4.73. The van der Waals surface area contributed by atoms with Crippen LogP contribution in [0.1, 0.15) is 31.7 Å². The summed E-state index contributed by atoms with van der Waals surface area (Å²) < 4.78 is 5.03. The van der Waals surface area contributed by atoms with Gasteiger partial charge in [0.2, 0.25) is 0 Å². The van der Waals surface area contributed by atoms with Gasteiger partial charge >= 0.3 is 6.09 Å². The number of hydrogen-bond acceptors (Lipinski definition) is 4. The topological polar surface area (TPSA) is 83.2 Å². The van der Waals surface area contributed by atoms with E-state index in [1.165, 1.54) is 11.3 Å². The minimum atomic E-state index is -0.226. The van der Waals surface area contributed by atoms with Crippen LogP contribution in [-0.4, -0.2) is 63.3 Å². The van der Waals surface area contributed by atoms with Crippen LogP contribution in [0.25, 0.3) is 0 Å². The number of amides is 1. The van der Waals surface area contributed by atoms with E-state index in [0.29, 0.717) is 32.2 Å². The van der Waals surface area contributed by atoms with Crippen molar-refractivity contribution < 1.29 is 9.53 Å². The molecule has 1 heterocycles. The van der Waals surface area contributed by atoms with E-state index >= 15 is 0 Å². The van der Waals surface area contributed by atoms with E-state index in [9.17, 15) is 4.79 Å². The van der Waals surface area contributed by atoms with Gasteiger partial charge in [-0.1, -0.05) is 12.1 Å². The number of anilines is 1. The standard InChI is InChI=1S/C20H33N5O2.HI/c1-4-27-20(26)25-14-11-17(12-15-25)23-19(21)22-13-5-6-16-7-9-18(10-8-16)24(2)3;/h7-10,17H,4-6,11-15H2,1-3H3,(H3,21,22,23);1H. The first-order valence-corrected chi connectivity index (χ1v) is 9.74.